The summed E-state index contributed by atoms with van der Waals surface area (Å²) in [7, 11) is 0. The van der Waals surface area contributed by atoms with E-state index in [9.17, 15) is 58.0 Å². The van der Waals surface area contributed by atoms with Crippen molar-refractivity contribution in [2.24, 2.45) is 52.7 Å². The highest BCUT2D eigenvalue weighted by Crippen LogP contribution is 2.37. The van der Waals surface area contributed by atoms with Crippen molar-refractivity contribution in [2.75, 3.05) is 19.6 Å². The number of amides is 10. The molecule has 6 aromatic rings. The van der Waals surface area contributed by atoms with Crippen LogP contribution in [0.15, 0.2) is 36.4 Å². The zero-order valence-electron chi connectivity index (χ0n) is 55.0. The van der Waals surface area contributed by atoms with Crippen molar-refractivity contribution in [3.8, 4) is 6.07 Å². The molecule has 0 spiro atoms. The van der Waals surface area contributed by atoms with E-state index in [1.54, 1.807) is 36.4 Å². The molecule has 6 fully saturated rings. The van der Waals surface area contributed by atoms with Crippen LogP contribution in [0.4, 0.5) is 0 Å². The zero-order chi connectivity index (χ0) is 73.6. The summed E-state index contributed by atoms with van der Waals surface area (Å²) >= 11 is 36.3. The smallest absolute Gasteiger partial charge is 0.371 e. The van der Waals surface area contributed by atoms with Gasteiger partial charge in [0.25, 0.3) is 11.8 Å². The van der Waals surface area contributed by atoms with Crippen molar-refractivity contribution in [1.29, 1.82) is 5.26 Å². The SMILES string of the molecule is N#C[C@H](C[C@@H]1CCCNC1=O)NC(=O)[C@H](CC1CC1)NC(=O)c1nc2c(Cl)ccc(Cl)c2[nH]1.NC(=O)[C@H](C[C@@H]1CCCNC1=O)NC(=O)[C@@H](N)CC1CC1.NC(=O)[C@H](C[C@@H]1CCCNC1=O)NC(=O)[C@H](CC1CC1)NC(=O)c1nc2c(Cl)ccc(Cl)c2[nH]1.O=C(O)c1nc2c(Cl)ccc(Cl)c2[nH]1. The van der Waals surface area contributed by atoms with Gasteiger partial charge >= 0.3 is 5.97 Å². The van der Waals surface area contributed by atoms with Crippen LogP contribution >= 0.6 is 69.6 Å². The Morgan fingerprint density at radius 2 is 0.794 bits per heavy atom. The van der Waals surface area contributed by atoms with E-state index >= 15 is 0 Å². The summed E-state index contributed by atoms with van der Waals surface area (Å²) in [5.74, 6) is -5.41. The molecule has 9 atom stereocenters. The summed E-state index contributed by atoms with van der Waals surface area (Å²) in [6.45, 7) is 1.89. The van der Waals surface area contributed by atoms with Gasteiger partial charge in [0.05, 0.1) is 58.8 Å². The molecule has 102 heavy (non-hydrogen) atoms. The van der Waals surface area contributed by atoms with Crippen molar-refractivity contribution < 1.29 is 57.8 Å². The summed E-state index contributed by atoms with van der Waals surface area (Å²) in [4.78, 5) is 154. The third-order valence-electron chi connectivity index (χ3n) is 18.2. The lowest BCUT2D eigenvalue weighted by Crippen LogP contribution is -2.54. The van der Waals surface area contributed by atoms with E-state index in [1.807, 2.05) is 0 Å². The van der Waals surface area contributed by atoms with Gasteiger partial charge < -0.3 is 79.8 Å². The van der Waals surface area contributed by atoms with E-state index in [0.29, 0.717) is 139 Å². The van der Waals surface area contributed by atoms with Crippen LogP contribution in [0.1, 0.15) is 147 Å². The van der Waals surface area contributed by atoms with Gasteiger partial charge in [0.15, 0.2) is 11.6 Å². The molecule has 12 rings (SSSR count). The maximum atomic E-state index is 13.1. The molecular formula is C66H78Cl6N18O12. The van der Waals surface area contributed by atoms with Crippen LogP contribution in [0.3, 0.4) is 0 Å². The quantitative estimate of drug-likeness (QED) is 0.0316. The number of fused-ring (bicyclic) bond motifs is 3. The first-order valence-electron chi connectivity index (χ1n) is 33.5. The highest BCUT2D eigenvalue weighted by Gasteiger charge is 2.38. The second-order valence-corrected chi connectivity index (χ2v) is 28.7. The summed E-state index contributed by atoms with van der Waals surface area (Å²) in [5.41, 5.74) is 19.1. The zero-order valence-corrected chi connectivity index (χ0v) is 59.5. The molecule has 3 aromatic heterocycles. The van der Waals surface area contributed by atoms with E-state index in [0.717, 1.165) is 57.8 Å². The number of aromatic amines is 3. The number of rotatable bonds is 25. The second kappa shape index (κ2) is 35.5. The van der Waals surface area contributed by atoms with Crippen molar-refractivity contribution >= 4 is 168 Å². The predicted octanol–water partition coefficient (Wildman–Crippen LogP) is 5.92. The minimum absolute atomic E-state index is 0.00990. The van der Waals surface area contributed by atoms with Gasteiger partial charge in [-0.2, -0.15) is 5.26 Å². The molecule has 546 valence electrons. The number of carbonyl (C=O) groups excluding carboxylic acids is 10. The molecule has 30 nitrogen and oxygen atoms in total. The van der Waals surface area contributed by atoms with Gasteiger partial charge in [-0.05, 0) is 131 Å². The fourth-order valence-corrected chi connectivity index (χ4v) is 13.2. The highest BCUT2D eigenvalue weighted by molar-refractivity contribution is 6.41. The number of H-pyrrole nitrogens is 3. The minimum atomic E-state index is -1.15. The molecule has 0 bridgehead atoms. The number of carboxylic acids is 1. The van der Waals surface area contributed by atoms with Crippen LogP contribution in [0.5, 0.6) is 0 Å². The van der Waals surface area contributed by atoms with Gasteiger partial charge in [-0.25, -0.2) is 19.7 Å². The Balaban J connectivity index is 0.000000166. The number of halogens is 6. The Labute approximate surface area is 613 Å². The number of primary amides is 2. The lowest BCUT2D eigenvalue weighted by Gasteiger charge is -2.26. The van der Waals surface area contributed by atoms with Crippen LogP contribution in [-0.2, 0) is 38.4 Å². The van der Waals surface area contributed by atoms with Crippen molar-refractivity contribution in [3.63, 3.8) is 0 Å². The number of carbonyl (C=O) groups is 11. The summed E-state index contributed by atoms with van der Waals surface area (Å²) in [6, 6.07) is 6.54. The van der Waals surface area contributed by atoms with Gasteiger partial charge in [-0.3, -0.25) is 47.9 Å². The molecule has 3 aliphatic carbocycles. The average Bonchev–Trinajstić information content (AvgIpc) is 1.66. The van der Waals surface area contributed by atoms with Gasteiger partial charge in [0, 0.05) is 37.4 Å². The standard InChI is InChI=1S/C22H26Cl2N6O4.C22H24Cl2N6O3.C14H24N4O3.C8H4Cl2N2O2/c23-12-5-6-13(24)17-16(12)29-19(30-17)22(34)28-15(8-10-3-4-10)21(33)27-14(18(25)31)9-11-2-1-7-26-20(11)32;23-14-5-6-15(24)18-17(14)29-19(30-18)22(33)28-16(8-11-3-4-11)21(32)27-13(10-25)9-12-2-1-7-26-20(12)31;15-10(6-8-3-4-8)14(21)18-11(12(16)19)7-9-2-1-5-17-13(9)20;9-3-1-2-4(10)6-5(3)11-7(12-6)8(13)14/h5-6,10-11,14-15H,1-4,7-9H2,(H2,25,31)(H,26,32)(H,27,33)(H,28,34)(H,29,30);5-6,11-13,16H,1-4,7-9H2,(H,26,31)(H,27,32)(H,28,33)(H,29,30);8-11H,1-7,15H2,(H2,16,19)(H,17,20)(H,18,21);1-2H,(H,11,12)(H,13,14)/t11-,14-,15-;12-,13-,16-;9-,10-,11-;/m000./s1. The molecule has 36 heteroatoms. The summed E-state index contributed by atoms with van der Waals surface area (Å²) in [6.07, 6.45) is 12.7. The Hall–Kier alpha value is -8.57. The molecule has 6 heterocycles. The number of nitrogens with zero attached hydrogens (tertiary/aromatic N) is 4. The molecule has 10 amide bonds. The summed E-state index contributed by atoms with van der Waals surface area (Å²) < 4.78 is 0. The Bertz CT molecular complexity index is 4090. The Morgan fingerprint density at radius 3 is 1.14 bits per heavy atom. The molecule has 18 N–H and O–H groups in total. The number of hydrogen-bond acceptors (Lipinski definition) is 16. The number of imidazole rings is 3. The van der Waals surface area contributed by atoms with Crippen LogP contribution in [0.2, 0.25) is 30.1 Å². The van der Waals surface area contributed by atoms with Gasteiger partial charge in [-0.1, -0.05) is 108 Å². The lowest BCUT2D eigenvalue weighted by molar-refractivity contribution is -0.131. The third kappa shape index (κ3) is 21.5. The number of aromatic carboxylic acids is 1. The highest BCUT2D eigenvalue weighted by atomic mass is 35.5. The van der Waals surface area contributed by atoms with Crippen molar-refractivity contribution in [2.45, 2.75) is 152 Å². The first kappa shape index (κ1) is 77.6. The van der Waals surface area contributed by atoms with E-state index in [-0.39, 0.29) is 72.2 Å². The van der Waals surface area contributed by atoms with Crippen molar-refractivity contribution in [1.82, 2.24) is 72.4 Å². The first-order valence-corrected chi connectivity index (χ1v) is 35.8. The number of benzene rings is 3. The lowest BCUT2D eigenvalue weighted by atomic mass is 9.91. The second-order valence-electron chi connectivity index (χ2n) is 26.2. The largest absolute Gasteiger partial charge is 0.475 e. The number of carboxylic acid groups (broad SMARTS) is 1. The number of nitrogens with two attached hydrogens (primary N) is 3. The molecule has 0 unspecified atom stereocenters. The topological polar surface area (TPSA) is 492 Å². The molecular weight excluding hydrogens is 1450 g/mol. The van der Waals surface area contributed by atoms with Crippen LogP contribution in [0.25, 0.3) is 33.1 Å². The molecule has 3 saturated heterocycles. The number of piperidine rings is 3. The fraction of sp³-hybridized carbons (Fsp3) is 0.500. The summed E-state index contributed by atoms with van der Waals surface area (Å²) in [5, 5.41) is 42.1. The maximum Gasteiger partial charge on any atom is 0.371 e. The number of nitrogens with one attached hydrogen (secondary N) is 11. The first-order chi connectivity index (χ1) is 48.6. The van der Waals surface area contributed by atoms with E-state index < -0.39 is 83.6 Å². The molecule has 3 aromatic carbocycles. The van der Waals surface area contributed by atoms with Crippen LogP contribution < -0.4 is 59.7 Å². The van der Waals surface area contributed by atoms with Crippen molar-refractivity contribution in [3.05, 3.63) is 84.0 Å². The van der Waals surface area contributed by atoms with E-state index in [4.69, 9.17) is 91.9 Å². The Morgan fingerprint density at radius 1 is 0.461 bits per heavy atom. The van der Waals surface area contributed by atoms with Gasteiger partial charge in [0.1, 0.15) is 46.8 Å². The fourth-order valence-electron chi connectivity index (χ4n) is 12.0. The third-order valence-corrected chi connectivity index (χ3v) is 20.1. The molecule has 6 aliphatic rings. The predicted molar refractivity (Wildman–Crippen MR) is 379 cm³/mol. The monoisotopic (exact) mass is 1520 g/mol. The van der Waals surface area contributed by atoms with Gasteiger partial charge in [0.2, 0.25) is 53.1 Å². The van der Waals surface area contributed by atoms with E-state index in [2.05, 4.69) is 78.5 Å². The van der Waals surface area contributed by atoms with Crippen LogP contribution in [0, 0.1) is 46.8 Å². The number of hydrogen-bond donors (Lipinski definition) is 15. The average molecular weight is 1530 g/mol. The molecule has 3 saturated carbocycles. The number of aromatic nitrogens is 6. The normalized spacial score (nSPS) is 19.6. The number of nitriles is 1. The Kier molecular flexibility index (Phi) is 27.0. The minimum Gasteiger partial charge on any atom is -0.475 e. The van der Waals surface area contributed by atoms with E-state index in [1.165, 1.54) is 0 Å². The molecule has 0 radical (unpaired) electrons. The van der Waals surface area contributed by atoms with Crippen LogP contribution in [-0.4, -0.2) is 156 Å². The molecule has 3 aliphatic heterocycles. The van der Waals surface area contributed by atoms with Gasteiger partial charge in [-0.15, -0.1) is 0 Å². The maximum absolute atomic E-state index is 13.1.